The van der Waals surface area contributed by atoms with Crippen molar-refractivity contribution in [3.05, 3.63) is 6.33 Å². The second-order valence-corrected chi connectivity index (χ2v) is 5.04. The first-order valence-corrected chi connectivity index (χ1v) is 6.71. The molecule has 0 aliphatic heterocycles. The highest BCUT2D eigenvalue weighted by atomic mass is 16.5. The molecule has 6 heteroatoms. The number of rotatable bonds is 6. The van der Waals surface area contributed by atoms with Gasteiger partial charge in [0.1, 0.15) is 5.52 Å². The van der Waals surface area contributed by atoms with Gasteiger partial charge < -0.3 is 15.0 Å². The standard InChI is InChI=1S/C13H21N5O/c1-5-14-13-17-11-10(15-7-16-11)12(18-13)19-9(4)6-8(2)3/h7-9H,5-6H2,1-4H3,(H2,14,15,16,17,18). The van der Waals surface area contributed by atoms with Crippen LogP contribution in [0.4, 0.5) is 5.95 Å². The maximum atomic E-state index is 5.92. The Balaban J connectivity index is 2.26. The third-order valence-electron chi connectivity index (χ3n) is 2.70. The molecule has 1 unspecified atom stereocenters. The Labute approximate surface area is 113 Å². The Morgan fingerprint density at radius 3 is 2.79 bits per heavy atom. The molecule has 2 aromatic heterocycles. The summed E-state index contributed by atoms with van der Waals surface area (Å²) in [6.45, 7) is 9.17. The van der Waals surface area contributed by atoms with E-state index in [4.69, 9.17) is 4.74 Å². The summed E-state index contributed by atoms with van der Waals surface area (Å²) in [4.78, 5) is 15.9. The Hall–Kier alpha value is -1.85. The number of fused-ring (bicyclic) bond motifs is 1. The maximum absolute atomic E-state index is 5.92. The Kier molecular flexibility index (Phi) is 4.19. The topological polar surface area (TPSA) is 75.7 Å². The smallest absolute Gasteiger partial charge is 0.245 e. The molecule has 0 amide bonds. The van der Waals surface area contributed by atoms with E-state index in [-0.39, 0.29) is 6.10 Å². The van der Waals surface area contributed by atoms with Gasteiger partial charge in [0.15, 0.2) is 5.65 Å². The molecule has 0 fully saturated rings. The van der Waals surface area contributed by atoms with Gasteiger partial charge in [-0.1, -0.05) is 13.8 Å². The molecule has 2 N–H and O–H groups in total. The average Bonchev–Trinajstić information content (AvgIpc) is 2.76. The van der Waals surface area contributed by atoms with E-state index in [2.05, 4.69) is 46.0 Å². The van der Waals surface area contributed by atoms with Crippen LogP contribution < -0.4 is 10.1 Å². The third-order valence-corrected chi connectivity index (χ3v) is 2.70. The minimum Gasteiger partial charge on any atom is -0.473 e. The first-order valence-electron chi connectivity index (χ1n) is 6.71. The normalized spacial score (nSPS) is 12.9. The van der Waals surface area contributed by atoms with Crippen LogP contribution in [0.5, 0.6) is 5.88 Å². The summed E-state index contributed by atoms with van der Waals surface area (Å²) in [6.07, 6.45) is 2.70. The number of hydrogen-bond donors (Lipinski definition) is 2. The van der Waals surface area contributed by atoms with Gasteiger partial charge in [-0.15, -0.1) is 0 Å². The quantitative estimate of drug-likeness (QED) is 0.837. The molecule has 104 valence electrons. The SMILES string of the molecule is CCNc1nc(OC(C)CC(C)C)c2[nH]cnc2n1. The molecule has 0 saturated heterocycles. The Morgan fingerprint density at radius 1 is 1.32 bits per heavy atom. The number of ether oxygens (including phenoxy) is 1. The molecule has 0 aliphatic rings. The third kappa shape index (κ3) is 3.33. The second kappa shape index (κ2) is 5.86. The summed E-state index contributed by atoms with van der Waals surface area (Å²) in [5.74, 6) is 1.70. The lowest BCUT2D eigenvalue weighted by Gasteiger charge is -2.16. The van der Waals surface area contributed by atoms with Gasteiger partial charge in [-0.3, -0.25) is 0 Å². The zero-order valence-corrected chi connectivity index (χ0v) is 11.9. The highest BCUT2D eigenvalue weighted by Gasteiger charge is 2.14. The first-order chi connectivity index (χ1) is 9.10. The van der Waals surface area contributed by atoms with E-state index in [0.29, 0.717) is 23.4 Å². The molecule has 2 rings (SSSR count). The van der Waals surface area contributed by atoms with Gasteiger partial charge in [-0.25, -0.2) is 4.98 Å². The number of aromatic amines is 1. The van der Waals surface area contributed by atoms with Gasteiger partial charge in [0, 0.05) is 6.54 Å². The summed E-state index contributed by atoms with van der Waals surface area (Å²) in [6, 6.07) is 0. The minimum absolute atomic E-state index is 0.107. The van der Waals surface area contributed by atoms with Crippen molar-refractivity contribution in [1.82, 2.24) is 19.9 Å². The molecule has 0 aliphatic carbocycles. The van der Waals surface area contributed by atoms with Crippen molar-refractivity contribution in [3.63, 3.8) is 0 Å². The number of aromatic nitrogens is 4. The molecule has 0 bridgehead atoms. The van der Waals surface area contributed by atoms with Crippen molar-refractivity contribution in [2.45, 2.75) is 40.2 Å². The van der Waals surface area contributed by atoms with Crippen LogP contribution in [0, 0.1) is 5.92 Å². The fourth-order valence-corrected chi connectivity index (χ4v) is 2.03. The summed E-state index contributed by atoms with van der Waals surface area (Å²) in [7, 11) is 0. The molecule has 0 spiro atoms. The highest BCUT2D eigenvalue weighted by Crippen LogP contribution is 2.23. The number of nitrogens with one attached hydrogen (secondary N) is 2. The predicted octanol–water partition coefficient (Wildman–Crippen LogP) is 2.60. The Bertz CT molecular complexity index is 537. The van der Waals surface area contributed by atoms with E-state index in [9.17, 15) is 0 Å². The number of hydrogen-bond acceptors (Lipinski definition) is 5. The molecule has 0 aromatic carbocycles. The van der Waals surface area contributed by atoms with Crippen LogP contribution in [0.15, 0.2) is 6.33 Å². The predicted molar refractivity (Wildman–Crippen MR) is 75.4 cm³/mol. The molecule has 6 nitrogen and oxygen atoms in total. The lowest BCUT2D eigenvalue weighted by molar-refractivity contribution is 0.188. The van der Waals surface area contributed by atoms with Gasteiger partial charge in [0.25, 0.3) is 0 Å². The fraction of sp³-hybridized carbons (Fsp3) is 0.615. The number of imidazole rings is 1. The molecule has 0 saturated carbocycles. The van der Waals surface area contributed by atoms with Crippen molar-refractivity contribution in [3.8, 4) is 5.88 Å². The number of anilines is 1. The van der Waals surface area contributed by atoms with Crippen LogP contribution in [0.1, 0.15) is 34.1 Å². The molecular weight excluding hydrogens is 242 g/mol. The van der Waals surface area contributed by atoms with E-state index >= 15 is 0 Å². The number of nitrogens with zero attached hydrogens (tertiary/aromatic N) is 3. The van der Waals surface area contributed by atoms with Gasteiger partial charge in [-0.05, 0) is 26.2 Å². The summed E-state index contributed by atoms with van der Waals surface area (Å²) in [5.41, 5.74) is 1.37. The maximum Gasteiger partial charge on any atom is 0.245 e. The van der Waals surface area contributed by atoms with E-state index in [1.54, 1.807) is 6.33 Å². The van der Waals surface area contributed by atoms with Crippen molar-refractivity contribution >= 4 is 17.1 Å². The average molecular weight is 263 g/mol. The summed E-state index contributed by atoms with van der Waals surface area (Å²) < 4.78 is 5.92. The van der Waals surface area contributed by atoms with Gasteiger partial charge in [0.05, 0.1) is 12.4 Å². The molecule has 2 heterocycles. The summed E-state index contributed by atoms with van der Waals surface area (Å²) in [5, 5.41) is 3.09. The highest BCUT2D eigenvalue weighted by molar-refractivity contribution is 5.76. The molecule has 0 radical (unpaired) electrons. The molecule has 2 aromatic rings. The molecule has 19 heavy (non-hydrogen) atoms. The van der Waals surface area contributed by atoms with Crippen molar-refractivity contribution < 1.29 is 4.74 Å². The van der Waals surface area contributed by atoms with Gasteiger partial charge in [-0.2, -0.15) is 9.97 Å². The van der Waals surface area contributed by atoms with Crippen LogP contribution in [0.3, 0.4) is 0 Å². The van der Waals surface area contributed by atoms with Crippen molar-refractivity contribution in [1.29, 1.82) is 0 Å². The zero-order chi connectivity index (χ0) is 13.8. The number of H-pyrrole nitrogens is 1. The minimum atomic E-state index is 0.107. The zero-order valence-electron chi connectivity index (χ0n) is 11.9. The van der Waals surface area contributed by atoms with Gasteiger partial charge >= 0.3 is 0 Å². The van der Waals surface area contributed by atoms with E-state index in [0.717, 1.165) is 18.5 Å². The van der Waals surface area contributed by atoms with Crippen LogP contribution in [0.25, 0.3) is 11.2 Å². The van der Waals surface area contributed by atoms with Crippen LogP contribution in [0.2, 0.25) is 0 Å². The largest absolute Gasteiger partial charge is 0.473 e. The fourth-order valence-electron chi connectivity index (χ4n) is 2.03. The van der Waals surface area contributed by atoms with E-state index in [1.165, 1.54) is 0 Å². The monoisotopic (exact) mass is 263 g/mol. The summed E-state index contributed by atoms with van der Waals surface area (Å²) >= 11 is 0. The van der Waals surface area contributed by atoms with Crippen molar-refractivity contribution in [2.75, 3.05) is 11.9 Å². The first kappa shape index (κ1) is 13.6. The van der Waals surface area contributed by atoms with E-state index in [1.807, 2.05) is 6.92 Å². The lowest BCUT2D eigenvalue weighted by Crippen LogP contribution is -2.16. The second-order valence-electron chi connectivity index (χ2n) is 5.04. The van der Waals surface area contributed by atoms with Crippen molar-refractivity contribution in [2.24, 2.45) is 5.92 Å². The van der Waals surface area contributed by atoms with E-state index < -0.39 is 0 Å². The molecular formula is C13H21N5O. The van der Waals surface area contributed by atoms with Crippen LogP contribution in [-0.4, -0.2) is 32.6 Å². The lowest BCUT2D eigenvalue weighted by atomic mass is 10.1. The van der Waals surface area contributed by atoms with Gasteiger partial charge in [0.2, 0.25) is 11.8 Å². The molecule has 1 atom stereocenters. The van der Waals surface area contributed by atoms with Crippen LogP contribution >= 0.6 is 0 Å². The Morgan fingerprint density at radius 2 is 2.11 bits per heavy atom. The van der Waals surface area contributed by atoms with Crippen LogP contribution in [-0.2, 0) is 0 Å².